The van der Waals surface area contributed by atoms with E-state index in [0.717, 1.165) is 36.1 Å². The van der Waals surface area contributed by atoms with Crippen LogP contribution in [0.25, 0.3) is 10.4 Å². The summed E-state index contributed by atoms with van der Waals surface area (Å²) in [5.74, 6) is 0.165. The van der Waals surface area contributed by atoms with Gasteiger partial charge in [-0.2, -0.15) is 0 Å². The molecule has 3 fully saturated rings. The molecule has 2 atom stereocenters. The highest BCUT2D eigenvalue weighted by molar-refractivity contribution is 7.80. The summed E-state index contributed by atoms with van der Waals surface area (Å²) in [4.78, 5) is 5.45. The lowest BCUT2D eigenvalue weighted by Gasteiger charge is -2.59. The van der Waals surface area contributed by atoms with Crippen molar-refractivity contribution < 1.29 is 5.11 Å². The average molecular weight is 398 g/mol. The molecule has 5 rings (SSSR count). The van der Waals surface area contributed by atoms with Crippen LogP contribution in [0, 0.1) is 5.92 Å². The number of hydrogen-bond acceptors (Lipinski definition) is 5. The van der Waals surface area contributed by atoms with E-state index in [0.29, 0.717) is 16.8 Å². The van der Waals surface area contributed by atoms with Gasteiger partial charge in [-0.15, -0.1) is 0 Å². The third kappa shape index (κ3) is 3.51. The molecule has 1 aromatic heterocycles. The topological polar surface area (TPSA) is 83.2 Å². The van der Waals surface area contributed by atoms with Gasteiger partial charge in [0, 0.05) is 18.8 Å². The van der Waals surface area contributed by atoms with Crippen molar-refractivity contribution in [1.29, 1.82) is 0 Å². The fourth-order valence-corrected chi connectivity index (χ4v) is 5.46. The fraction of sp³-hybridized carbons (Fsp3) is 0.474. The van der Waals surface area contributed by atoms with Gasteiger partial charge in [0.05, 0.1) is 18.3 Å². The Kier molecular flexibility index (Phi) is 5.01. The minimum Gasteiger partial charge on any atom is -0.386 e. The molecule has 5 nitrogen and oxygen atoms in total. The quantitative estimate of drug-likeness (QED) is 0.468. The van der Waals surface area contributed by atoms with Crippen molar-refractivity contribution in [3.63, 3.8) is 0 Å². The second kappa shape index (κ2) is 7.16. The monoisotopic (exact) mass is 398 g/mol. The van der Waals surface area contributed by atoms with Gasteiger partial charge in [-0.05, 0) is 41.9 Å². The van der Waals surface area contributed by atoms with Crippen molar-refractivity contribution in [2.24, 2.45) is 11.7 Å². The largest absolute Gasteiger partial charge is 0.386 e. The Labute approximate surface area is 170 Å². The minimum atomic E-state index is -1.03. The molecular formula is C19H23BN4OS2. The Balaban J connectivity index is 1.37. The maximum absolute atomic E-state index is 11.2. The van der Waals surface area contributed by atoms with Crippen molar-refractivity contribution in [3.05, 3.63) is 36.5 Å². The number of thiocarbonyl (C=S) groups is 1. The third-order valence-electron chi connectivity index (χ3n) is 6.10. The summed E-state index contributed by atoms with van der Waals surface area (Å²) in [6, 6.07) is 9.64. The number of rotatable bonds is 4. The van der Waals surface area contributed by atoms with Crippen LogP contribution in [0.1, 0.15) is 25.7 Å². The predicted molar refractivity (Wildman–Crippen MR) is 115 cm³/mol. The van der Waals surface area contributed by atoms with E-state index in [9.17, 15) is 5.11 Å². The smallest absolute Gasteiger partial charge is 0.189 e. The zero-order valence-electron chi connectivity index (χ0n) is 15.0. The number of hydrogen-bond donors (Lipinski definition) is 4. The molecule has 3 aliphatic carbocycles. The number of nitrogens with one attached hydrogen (secondary N) is 2. The van der Waals surface area contributed by atoms with Crippen LogP contribution in [0.5, 0.6) is 0 Å². The van der Waals surface area contributed by atoms with Gasteiger partial charge < -0.3 is 21.5 Å². The maximum atomic E-state index is 11.2. The van der Waals surface area contributed by atoms with Gasteiger partial charge in [-0.25, -0.2) is 4.98 Å². The number of anilines is 1. The Bertz CT molecular complexity index is 822. The molecule has 0 spiro atoms. The molecule has 2 aromatic rings. The van der Waals surface area contributed by atoms with Crippen molar-refractivity contribution in [2.45, 2.75) is 42.6 Å². The second-order valence-corrected chi connectivity index (χ2v) is 9.12. The van der Waals surface area contributed by atoms with E-state index in [1.54, 1.807) is 0 Å². The summed E-state index contributed by atoms with van der Waals surface area (Å²) in [6.45, 7) is 0.292. The molecular weight excluding hydrogens is 375 g/mol. The number of aliphatic hydroxyl groups is 1. The molecule has 1 heterocycles. The number of thiazole rings is 1. The number of nitrogens with zero attached hydrogens (tertiary/aromatic N) is 1. The van der Waals surface area contributed by atoms with Crippen molar-refractivity contribution in [1.82, 2.24) is 10.3 Å². The highest BCUT2D eigenvalue weighted by Crippen LogP contribution is 2.56. The van der Waals surface area contributed by atoms with Crippen LogP contribution in [0.2, 0.25) is 5.31 Å². The van der Waals surface area contributed by atoms with Crippen LogP contribution in [0.4, 0.5) is 5.13 Å². The number of nitrogens with two attached hydrogens (primary N) is 1. The van der Waals surface area contributed by atoms with Crippen LogP contribution in [-0.2, 0) is 0 Å². The van der Waals surface area contributed by atoms with Crippen LogP contribution in [0.15, 0.2) is 36.5 Å². The third-order valence-corrected chi connectivity index (χ3v) is 7.31. The molecule has 0 amide bonds. The number of fused-ring (bicyclic) bond motifs is 3. The van der Waals surface area contributed by atoms with Crippen molar-refractivity contribution in [2.75, 3.05) is 11.9 Å². The van der Waals surface area contributed by atoms with Crippen LogP contribution in [-0.4, -0.2) is 41.2 Å². The SMILES string of the molecule is [B]C12CCC(CC1)C(O)(CNC(=S)Nc1ncc(-c3ccccc3)s1)C2N. The molecule has 8 heteroatoms. The average Bonchev–Trinajstić information content (AvgIpc) is 3.14. The molecule has 2 unspecified atom stereocenters. The lowest BCUT2D eigenvalue weighted by Crippen LogP contribution is -2.68. The first-order chi connectivity index (χ1) is 12.9. The summed E-state index contributed by atoms with van der Waals surface area (Å²) in [7, 11) is 6.43. The molecule has 1 aromatic carbocycles. The second-order valence-electron chi connectivity index (χ2n) is 7.68. The first kappa shape index (κ1) is 18.9. The molecule has 0 saturated heterocycles. The standard InChI is InChI=1S/C19H23BN4OS2/c20-18-8-6-13(7-9-18)19(25,15(18)21)11-23-16(26)24-17-22-10-14(27-17)12-4-2-1-3-5-12/h1-5,10,13,15,25H,6-9,11,21H2,(H2,22,23,24,26). The summed E-state index contributed by atoms with van der Waals surface area (Å²) >= 11 is 6.92. The Morgan fingerprint density at radius 3 is 2.74 bits per heavy atom. The van der Waals surface area contributed by atoms with Gasteiger partial charge in [0.25, 0.3) is 0 Å². The molecule has 3 aliphatic rings. The minimum absolute atomic E-state index is 0.165. The number of benzene rings is 1. The van der Waals surface area contributed by atoms with Crippen LogP contribution in [0.3, 0.4) is 0 Å². The summed E-state index contributed by atoms with van der Waals surface area (Å²) < 4.78 is 0. The van der Waals surface area contributed by atoms with Crippen LogP contribution >= 0.6 is 23.6 Å². The van der Waals surface area contributed by atoms with Crippen molar-refractivity contribution in [3.8, 4) is 10.4 Å². The van der Waals surface area contributed by atoms with E-state index < -0.39 is 17.0 Å². The fourth-order valence-electron chi connectivity index (χ4n) is 4.40. The van der Waals surface area contributed by atoms with E-state index in [2.05, 4.69) is 15.6 Å². The first-order valence-electron chi connectivity index (χ1n) is 9.24. The molecule has 140 valence electrons. The Hall–Kier alpha value is -1.48. The van der Waals surface area contributed by atoms with Gasteiger partial charge in [-0.1, -0.05) is 54.5 Å². The molecule has 5 N–H and O–H groups in total. The predicted octanol–water partition coefficient (Wildman–Crippen LogP) is 2.69. The summed E-state index contributed by atoms with van der Waals surface area (Å²) in [5.41, 5.74) is 6.44. The van der Waals surface area contributed by atoms with Gasteiger partial charge in [-0.3, -0.25) is 0 Å². The highest BCUT2D eigenvalue weighted by Gasteiger charge is 2.56. The van der Waals surface area contributed by atoms with Gasteiger partial charge in [0.1, 0.15) is 0 Å². The lowest BCUT2D eigenvalue weighted by molar-refractivity contribution is -0.104. The van der Waals surface area contributed by atoms with E-state index in [1.807, 2.05) is 36.5 Å². The highest BCUT2D eigenvalue weighted by atomic mass is 32.1. The van der Waals surface area contributed by atoms with Gasteiger partial charge in [0.15, 0.2) is 10.2 Å². The van der Waals surface area contributed by atoms with E-state index >= 15 is 0 Å². The van der Waals surface area contributed by atoms with E-state index in [-0.39, 0.29) is 5.92 Å². The Morgan fingerprint density at radius 2 is 2.04 bits per heavy atom. The number of aromatic nitrogens is 1. The zero-order chi connectivity index (χ0) is 19.1. The van der Waals surface area contributed by atoms with E-state index in [1.165, 1.54) is 11.3 Å². The van der Waals surface area contributed by atoms with E-state index in [4.69, 9.17) is 25.8 Å². The molecule has 0 aliphatic heterocycles. The Morgan fingerprint density at radius 1 is 1.33 bits per heavy atom. The van der Waals surface area contributed by atoms with Crippen molar-refractivity contribution >= 4 is 41.6 Å². The zero-order valence-corrected chi connectivity index (χ0v) is 16.7. The molecule has 3 saturated carbocycles. The molecule has 2 bridgehead atoms. The first-order valence-corrected chi connectivity index (χ1v) is 10.5. The lowest BCUT2D eigenvalue weighted by atomic mass is 9.44. The summed E-state index contributed by atoms with van der Waals surface area (Å²) in [5, 5.41) is 18.1. The summed E-state index contributed by atoms with van der Waals surface area (Å²) in [6.07, 6.45) is 5.41. The van der Waals surface area contributed by atoms with Crippen LogP contribution < -0.4 is 16.4 Å². The van der Waals surface area contributed by atoms with Gasteiger partial charge in [0.2, 0.25) is 0 Å². The van der Waals surface area contributed by atoms with Gasteiger partial charge >= 0.3 is 0 Å². The molecule has 2 radical (unpaired) electrons. The maximum Gasteiger partial charge on any atom is 0.189 e. The normalized spacial score (nSPS) is 32.2. The molecule has 27 heavy (non-hydrogen) atoms.